The quantitative estimate of drug-likeness (QED) is 0.156. The highest BCUT2D eigenvalue weighted by atomic mass is 16.7. The van der Waals surface area contributed by atoms with Crippen LogP contribution in [0.15, 0.2) is 41.6 Å². The van der Waals surface area contributed by atoms with Crippen molar-refractivity contribution in [2.45, 2.75) is 173 Å². The van der Waals surface area contributed by atoms with Crippen LogP contribution in [-0.4, -0.2) is 121 Å². The van der Waals surface area contributed by atoms with Crippen molar-refractivity contribution in [3.8, 4) is 0 Å². The number of likely N-dealkylation sites (N-methyl/N-ethyl adjacent to an activating group) is 1. The zero-order chi connectivity index (χ0) is 44.6. The molecule has 1 aromatic rings. The normalized spacial score (nSPS) is 37.9. The molecule has 1 aliphatic carbocycles. The number of H-pyrrole nitrogens is 1. The summed E-state index contributed by atoms with van der Waals surface area (Å²) in [6, 6.07) is 2.95. The van der Waals surface area contributed by atoms with Crippen molar-refractivity contribution in [3.63, 3.8) is 0 Å². The van der Waals surface area contributed by atoms with Crippen LogP contribution in [0.1, 0.15) is 125 Å². The van der Waals surface area contributed by atoms with E-state index in [1.807, 2.05) is 46.0 Å². The van der Waals surface area contributed by atoms with Gasteiger partial charge in [0.25, 0.3) is 11.7 Å². The lowest BCUT2D eigenvalue weighted by Crippen LogP contribution is -2.64. The maximum atomic E-state index is 14.6. The highest BCUT2D eigenvalue weighted by Gasteiger charge is 2.56. The first-order valence-corrected chi connectivity index (χ1v) is 22.8. The standard InChI is InChI=1S/C48H75N3O10/c1-11-35-25-30(2)24-31(3)26-39(58-9)43-40(59-10)27-34(6)48(56,61-43)44(53)45(54)51-23-13-12-17-37(51)46(55)60-42(32(4)19-20-38(35)52)33(5)28-47(21-14-16-36(29-47)57-8)50(7)41-18-15-22-49-41/h15,18,22,25,28,31-32,34-37,39-40,42-43,49,56H,11-14,16-17,19-21,23-24,26-27,29H2,1-10H3/b30-25+,33-28?. The Hall–Kier alpha value is -3.36. The lowest BCUT2D eigenvalue weighted by atomic mass is 9.76. The minimum absolute atomic E-state index is 0.0300. The molecule has 342 valence electrons. The fourth-order valence-corrected chi connectivity index (χ4v) is 10.6. The number of rotatable bonds is 8. The highest BCUT2D eigenvalue weighted by molar-refractivity contribution is 6.39. The number of piperidine rings is 1. The molecule has 0 radical (unpaired) electrons. The molecule has 3 aliphatic heterocycles. The van der Waals surface area contributed by atoms with Gasteiger partial charge in [-0.05, 0) is 114 Å². The van der Waals surface area contributed by atoms with E-state index < -0.39 is 65.4 Å². The number of methoxy groups -OCH3 is 3. The molecule has 0 spiro atoms. The van der Waals surface area contributed by atoms with Gasteiger partial charge in [0.15, 0.2) is 0 Å². The number of Topliss-reactive ketones (excluding diaryl/α,β-unsaturated/α-hetero) is 2. The summed E-state index contributed by atoms with van der Waals surface area (Å²) in [5.74, 6) is -5.33. The van der Waals surface area contributed by atoms with Crippen LogP contribution < -0.4 is 4.90 Å². The van der Waals surface area contributed by atoms with E-state index in [-0.39, 0.29) is 42.6 Å². The minimum Gasteiger partial charge on any atom is -0.456 e. The monoisotopic (exact) mass is 854 g/mol. The number of nitrogens with one attached hydrogen (secondary N) is 1. The number of carbonyl (C=O) groups excluding carboxylic acids is 4. The SMILES string of the molecule is CCC1/C=C(\C)CC(C)CC(OC)C2OC(O)(C(=O)C(=O)N3CCCCC3C(=O)OC(C(C)=CC3(N(C)c4ccc[nH]4)CCCC(OC)C3)C(C)CCC1=O)C(C)CC2OC. The zero-order valence-electron chi connectivity index (χ0n) is 38.6. The number of nitrogens with zero attached hydrogens (tertiary/aromatic N) is 2. The molecular weight excluding hydrogens is 779 g/mol. The van der Waals surface area contributed by atoms with Crippen LogP contribution in [0.4, 0.5) is 5.82 Å². The molecule has 2 N–H and O–H groups in total. The maximum Gasteiger partial charge on any atom is 0.329 e. The third-order valence-corrected chi connectivity index (χ3v) is 14.3. The van der Waals surface area contributed by atoms with Crippen molar-refractivity contribution >= 4 is 29.3 Å². The number of aromatic amines is 1. The number of anilines is 1. The topological polar surface area (TPSA) is 157 Å². The van der Waals surface area contributed by atoms with E-state index in [0.717, 1.165) is 42.6 Å². The first-order valence-electron chi connectivity index (χ1n) is 22.8. The predicted octanol–water partition coefficient (Wildman–Crippen LogP) is 7.12. The first kappa shape index (κ1) is 48.7. The second-order valence-electron chi connectivity index (χ2n) is 18.8. The molecule has 1 amide bonds. The lowest BCUT2D eigenvalue weighted by molar-refractivity contribution is -0.302. The Labute approximate surface area is 364 Å². The maximum absolute atomic E-state index is 14.6. The molecule has 12 unspecified atom stereocenters. The van der Waals surface area contributed by atoms with Crippen LogP contribution >= 0.6 is 0 Å². The van der Waals surface area contributed by atoms with Crippen LogP contribution in [0, 0.1) is 23.7 Å². The lowest BCUT2D eigenvalue weighted by Gasteiger charge is -2.47. The van der Waals surface area contributed by atoms with Crippen molar-refractivity contribution in [1.82, 2.24) is 9.88 Å². The molecule has 4 aliphatic rings. The van der Waals surface area contributed by atoms with Crippen LogP contribution in [0.3, 0.4) is 0 Å². The van der Waals surface area contributed by atoms with Gasteiger partial charge in [-0.1, -0.05) is 45.4 Å². The number of allylic oxidation sites excluding steroid dienone is 2. The van der Waals surface area contributed by atoms with E-state index in [1.165, 1.54) is 4.90 Å². The van der Waals surface area contributed by atoms with E-state index in [2.05, 4.69) is 36.0 Å². The number of fused-ring (bicyclic) bond motifs is 3. The number of cyclic esters (lactones) is 1. The summed E-state index contributed by atoms with van der Waals surface area (Å²) >= 11 is 0. The Bertz CT molecular complexity index is 1710. The number of hydrogen-bond acceptors (Lipinski definition) is 11. The van der Waals surface area contributed by atoms with Gasteiger partial charge in [-0.3, -0.25) is 14.4 Å². The Kier molecular flexibility index (Phi) is 17.0. The van der Waals surface area contributed by atoms with Gasteiger partial charge in [-0.15, -0.1) is 0 Å². The van der Waals surface area contributed by atoms with Crippen LogP contribution in [0.2, 0.25) is 0 Å². The number of aliphatic hydroxyl groups is 1. The molecule has 0 aromatic carbocycles. The molecule has 13 nitrogen and oxygen atoms in total. The Morgan fingerprint density at radius 3 is 2.39 bits per heavy atom. The largest absolute Gasteiger partial charge is 0.456 e. The van der Waals surface area contributed by atoms with Gasteiger partial charge in [0.1, 0.15) is 29.9 Å². The van der Waals surface area contributed by atoms with Gasteiger partial charge in [-0.2, -0.15) is 0 Å². The van der Waals surface area contributed by atoms with Crippen molar-refractivity contribution < 1.29 is 48.0 Å². The summed E-state index contributed by atoms with van der Waals surface area (Å²) < 4.78 is 30.6. The number of hydrogen-bond donors (Lipinski definition) is 2. The van der Waals surface area contributed by atoms with E-state index in [0.29, 0.717) is 51.4 Å². The third-order valence-electron chi connectivity index (χ3n) is 14.3. The van der Waals surface area contributed by atoms with Crippen LogP contribution in [0.5, 0.6) is 0 Å². The summed E-state index contributed by atoms with van der Waals surface area (Å²) in [6.07, 6.45) is 11.4. The van der Waals surface area contributed by atoms with Gasteiger partial charge in [-0.25, -0.2) is 4.79 Å². The van der Waals surface area contributed by atoms with E-state index in [1.54, 1.807) is 28.3 Å². The van der Waals surface area contributed by atoms with E-state index in [9.17, 15) is 24.3 Å². The molecule has 1 aromatic heterocycles. The molecule has 2 saturated heterocycles. The summed E-state index contributed by atoms with van der Waals surface area (Å²) in [6.45, 7) is 12.0. The molecule has 61 heavy (non-hydrogen) atoms. The van der Waals surface area contributed by atoms with Crippen molar-refractivity contribution in [2.24, 2.45) is 23.7 Å². The average molecular weight is 854 g/mol. The summed E-state index contributed by atoms with van der Waals surface area (Å²) in [4.78, 5) is 64.3. The van der Waals surface area contributed by atoms with Gasteiger partial charge >= 0.3 is 5.97 Å². The van der Waals surface area contributed by atoms with Gasteiger partial charge in [0.05, 0.1) is 23.9 Å². The number of aromatic nitrogens is 1. The number of ether oxygens (including phenoxy) is 5. The Balaban J connectivity index is 1.57. The molecule has 12 atom stereocenters. The summed E-state index contributed by atoms with van der Waals surface area (Å²) in [5.41, 5.74) is 1.45. The number of ketones is 2. The fraction of sp³-hybridized carbons (Fsp3) is 0.750. The predicted molar refractivity (Wildman–Crippen MR) is 234 cm³/mol. The highest BCUT2D eigenvalue weighted by Crippen LogP contribution is 2.41. The number of amides is 1. The van der Waals surface area contributed by atoms with Crippen LogP contribution in [0.25, 0.3) is 0 Å². The van der Waals surface area contributed by atoms with Crippen LogP contribution in [-0.2, 0) is 42.9 Å². The summed E-state index contributed by atoms with van der Waals surface area (Å²) in [7, 11) is 6.94. The molecule has 3 fully saturated rings. The Morgan fingerprint density at radius 2 is 1.74 bits per heavy atom. The second kappa shape index (κ2) is 21.3. The van der Waals surface area contributed by atoms with Gasteiger partial charge in [0.2, 0.25) is 5.79 Å². The molecular formula is C48H75N3O10. The second-order valence-corrected chi connectivity index (χ2v) is 18.8. The first-order chi connectivity index (χ1) is 29.0. The van der Waals surface area contributed by atoms with E-state index in [4.69, 9.17) is 23.7 Å². The molecule has 5 rings (SSSR count). The Morgan fingerprint density at radius 1 is 1.02 bits per heavy atom. The smallest absolute Gasteiger partial charge is 0.329 e. The van der Waals surface area contributed by atoms with Crippen molar-refractivity contribution in [2.75, 3.05) is 39.8 Å². The fourth-order valence-electron chi connectivity index (χ4n) is 10.6. The van der Waals surface area contributed by atoms with Gasteiger partial charge in [0, 0.05) is 65.8 Å². The molecule has 2 bridgehead atoms. The van der Waals surface area contributed by atoms with Crippen molar-refractivity contribution in [3.05, 3.63) is 41.6 Å². The molecule has 1 saturated carbocycles. The van der Waals surface area contributed by atoms with Crippen molar-refractivity contribution in [1.29, 1.82) is 0 Å². The number of esters is 1. The molecule has 13 heteroatoms. The summed E-state index contributed by atoms with van der Waals surface area (Å²) in [5, 5.41) is 12.1. The number of carbonyl (C=O) groups is 4. The minimum atomic E-state index is -2.47. The average Bonchev–Trinajstić information content (AvgIpc) is 3.80. The molecule has 4 heterocycles. The van der Waals surface area contributed by atoms with E-state index >= 15 is 0 Å². The van der Waals surface area contributed by atoms with Gasteiger partial charge < -0.3 is 43.6 Å². The zero-order valence-corrected chi connectivity index (χ0v) is 38.6. The third kappa shape index (κ3) is 11.1.